The lowest BCUT2D eigenvalue weighted by Gasteiger charge is -2.11. The first-order chi connectivity index (χ1) is 5.95. The van der Waals surface area contributed by atoms with E-state index >= 15 is 0 Å². The summed E-state index contributed by atoms with van der Waals surface area (Å²) in [6, 6.07) is 1.92. The Morgan fingerprint density at radius 2 is 1.62 bits per heavy atom. The number of aryl methyl sites for hydroxylation is 2. The fourth-order valence-corrected chi connectivity index (χ4v) is 1.61. The summed E-state index contributed by atoms with van der Waals surface area (Å²) in [5, 5.41) is 8.96. The Morgan fingerprint density at radius 1 is 1.08 bits per heavy atom. The molecule has 0 radical (unpaired) electrons. The summed E-state index contributed by atoms with van der Waals surface area (Å²) < 4.78 is 0. The highest BCUT2D eigenvalue weighted by Crippen LogP contribution is 2.21. The minimum Gasteiger partial charge on any atom is -0.478 e. The molecule has 0 saturated heterocycles. The van der Waals surface area contributed by atoms with Crippen LogP contribution in [0.5, 0.6) is 0 Å². The second-order valence-electron chi connectivity index (χ2n) is 3.44. The first-order valence-corrected chi connectivity index (χ1v) is 4.26. The third-order valence-corrected chi connectivity index (χ3v) is 2.57. The first-order valence-electron chi connectivity index (χ1n) is 4.26. The van der Waals surface area contributed by atoms with E-state index in [1.54, 1.807) is 0 Å². The summed E-state index contributed by atoms with van der Waals surface area (Å²) in [5.74, 6) is -0.835. The predicted octanol–water partition coefficient (Wildman–Crippen LogP) is 2.62. The van der Waals surface area contributed by atoms with Gasteiger partial charge in [-0.05, 0) is 49.9 Å². The standard InChI is InChI=1S/C11H14O2/c1-6-5-7(2)10(11(12)13)9(4)8(6)3/h5H,1-4H3,(H,12,13). The van der Waals surface area contributed by atoms with Gasteiger partial charge in [0.25, 0.3) is 0 Å². The highest BCUT2D eigenvalue weighted by atomic mass is 16.4. The summed E-state index contributed by atoms with van der Waals surface area (Å²) in [6.45, 7) is 7.65. The normalized spacial score (nSPS) is 10.2. The smallest absolute Gasteiger partial charge is 0.336 e. The molecule has 0 aliphatic carbocycles. The number of carboxylic acids is 1. The number of rotatable bonds is 1. The maximum absolute atomic E-state index is 10.9. The molecule has 0 fully saturated rings. The van der Waals surface area contributed by atoms with Gasteiger partial charge in [-0.3, -0.25) is 0 Å². The van der Waals surface area contributed by atoms with E-state index in [0.717, 1.165) is 22.3 Å². The molecule has 1 aromatic carbocycles. The van der Waals surface area contributed by atoms with Crippen LogP contribution in [-0.4, -0.2) is 11.1 Å². The molecule has 2 heteroatoms. The third-order valence-electron chi connectivity index (χ3n) is 2.57. The van der Waals surface area contributed by atoms with Crippen LogP contribution in [0, 0.1) is 27.7 Å². The predicted molar refractivity (Wildman–Crippen MR) is 52.3 cm³/mol. The van der Waals surface area contributed by atoms with Crippen molar-refractivity contribution in [3.63, 3.8) is 0 Å². The van der Waals surface area contributed by atoms with E-state index in [-0.39, 0.29) is 0 Å². The van der Waals surface area contributed by atoms with Gasteiger partial charge >= 0.3 is 5.97 Å². The van der Waals surface area contributed by atoms with Crippen molar-refractivity contribution in [1.29, 1.82) is 0 Å². The Bertz CT molecular complexity index is 365. The van der Waals surface area contributed by atoms with Gasteiger partial charge in [0, 0.05) is 0 Å². The van der Waals surface area contributed by atoms with Crippen LogP contribution >= 0.6 is 0 Å². The van der Waals surface area contributed by atoms with Crippen molar-refractivity contribution in [3.05, 3.63) is 33.9 Å². The molecule has 1 rings (SSSR count). The van der Waals surface area contributed by atoms with Crippen molar-refractivity contribution in [2.45, 2.75) is 27.7 Å². The molecule has 70 valence electrons. The van der Waals surface area contributed by atoms with Gasteiger partial charge < -0.3 is 5.11 Å². The zero-order valence-electron chi connectivity index (χ0n) is 8.43. The molecular formula is C11H14O2. The zero-order valence-corrected chi connectivity index (χ0v) is 8.43. The van der Waals surface area contributed by atoms with Gasteiger partial charge in [-0.15, -0.1) is 0 Å². The number of carboxylic acid groups (broad SMARTS) is 1. The summed E-state index contributed by atoms with van der Waals surface area (Å²) in [7, 11) is 0. The van der Waals surface area contributed by atoms with Gasteiger partial charge in [-0.2, -0.15) is 0 Å². The fourth-order valence-electron chi connectivity index (χ4n) is 1.61. The van der Waals surface area contributed by atoms with Gasteiger partial charge in [-0.25, -0.2) is 4.79 Å². The molecule has 0 heterocycles. The first kappa shape index (κ1) is 9.78. The molecule has 13 heavy (non-hydrogen) atoms. The topological polar surface area (TPSA) is 37.3 Å². The molecule has 0 aromatic heterocycles. The van der Waals surface area contributed by atoms with Crippen LogP contribution in [-0.2, 0) is 0 Å². The van der Waals surface area contributed by atoms with Crippen LogP contribution in [0.25, 0.3) is 0 Å². The van der Waals surface area contributed by atoms with Crippen LogP contribution in [0.2, 0.25) is 0 Å². The molecule has 1 aromatic rings. The minimum absolute atomic E-state index is 0.447. The van der Waals surface area contributed by atoms with E-state index in [2.05, 4.69) is 0 Å². The molecule has 0 aliphatic heterocycles. The molecule has 0 aliphatic rings. The second kappa shape index (κ2) is 3.21. The van der Waals surface area contributed by atoms with Crippen molar-refractivity contribution in [1.82, 2.24) is 0 Å². The highest BCUT2D eigenvalue weighted by molar-refractivity contribution is 5.91. The van der Waals surface area contributed by atoms with Crippen molar-refractivity contribution in [3.8, 4) is 0 Å². The average molecular weight is 178 g/mol. The van der Waals surface area contributed by atoms with Crippen molar-refractivity contribution < 1.29 is 9.90 Å². The molecular weight excluding hydrogens is 164 g/mol. The quantitative estimate of drug-likeness (QED) is 0.717. The summed E-state index contributed by atoms with van der Waals surface area (Å²) in [5.41, 5.74) is 4.39. The van der Waals surface area contributed by atoms with Gasteiger partial charge in [0.1, 0.15) is 0 Å². The van der Waals surface area contributed by atoms with Crippen molar-refractivity contribution in [2.75, 3.05) is 0 Å². The third kappa shape index (κ3) is 1.57. The number of benzene rings is 1. The molecule has 0 unspecified atom stereocenters. The number of hydrogen-bond acceptors (Lipinski definition) is 1. The fraction of sp³-hybridized carbons (Fsp3) is 0.364. The van der Waals surface area contributed by atoms with Crippen LogP contribution in [0.3, 0.4) is 0 Å². The minimum atomic E-state index is -0.835. The molecule has 0 atom stereocenters. The molecule has 1 N–H and O–H groups in total. The van der Waals surface area contributed by atoms with E-state index in [1.807, 2.05) is 33.8 Å². The number of hydrogen-bond donors (Lipinski definition) is 1. The van der Waals surface area contributed by atoms with Crippen LogP contribution in [0.15, 0.2) is 6.07 Å². The summed E-state index contributed by atoms with van der Waals surface area (Å²) in [4.78, 5) is 10.9. The van der Waals surface area contributed by atoms with Crippen LogP contribution < -0.4 is 0 Å². The van der Waals surface area contributed by atoms with Crippen LogP contribution in [0.4, 0.5) is 0 Å². The lowest BCUT2D eigenvalue weighted by Crippen LogP contribution is -2.05. The van der Waals surface area contributed by atoms with E-state index < -0.39 is 5.97 Å². The molecule has 0 bridgehead atoms. The number of aromatic carboxylic acids is 1. The van der Waals surface area contributed by atoms with Gasteiger partial charge in [0.15, 0.2) is 0 Å². The van der Waals surface area contributed by atoms with Gasteiger partial charge in [0.2, 0.25) is 0 Å². The number of carbonyl (C=O) groups is 1. The van der Waals surface area contributed by atoms with E-state index in [1.165, 1.54) is 0 Å². The SMILES string of the molecule is Cc1cc(C)c(C(=O)O)c(C)c1C. The van der Waals surface area contributed by atoms with Crippen LogP contribution in [0.1, 0.15) is 32.6 Å². The monoisotopic (exact) mass is 178 g/mol. The maximum atomic E-state index is 10.9. The second-order valence-corrected chi connectivity index (χ2v) is 3.44. The Hall–Kier alpha value is -1.31. The highest BCUT2D eigenvalue weighted by Gasteiger charge is 2.13. The Morgan fingerprint density at radius 3 is 2.08 bits per heavy atom. The average Bonchev–Trinajstić information content (AvgIpc) is 1.99. The van der Waals surface area contributed by atoms with Crippen molar-refractivity contribution >= 4 is 5.97 Å². The van der Waals surface area contributed by atoms with E-state index in [4.69, 9.17) is 5.11 Å². The molecule has 2 nitrogen and oxygen atoms in total. The van der Waals surface area contributed by atoms with Gasteiger partial charge in [-0.1, -0.05) is 6.07 Å². The Kier molecular flexibility index (Phi) is 2.41. The zero-order chi connectivity index (χ0) is 10.2. The molecule has 0 spiro atoms. The molecule has 0 saturated carbocycles. The Balaban J connectivity index is 3.53. The van der Waals surface area contributed by atoms with E-state index in [0.29, 0.717) is 5.56 Å². The maximum Gasteiger partial charge on any atom is 0.336 e. The summed E-state index contributed by atoms with van der Waals surface area (Å²) in [6.07, 6.45) is 0. The van der Waals surface area contributed by atoms with Gasteiger partial charge in [0.05, 0.1) is 5.56 Å². The lowest BCUT2D eigenvalue weighted by molar-refractivity contribution is 0.0695. The summed E-state index contributed by atoms with van der Waals surface area (Å²) >= 11 is 0. The Labute approximate surface area is 78.2 Å². The van der Waals surface area contributed by atoms with E-state index in [9.17, 15) is 4.79 Å². The largest absolute Gasteiger partial charge is 0.478 e. The van der Waals surface area contributed by atoms with Crippen molar-refractivity contribution in [2.24, 2.45) is 0 Å². The lowest BCUT2D eigenvalue weighted by atomic mass is 9.94. The molecule has 0 amide bonds.